The summed E-state index contributed by atoms with van der Waals surface area (Å²) < 4.78 is 0. The van der Waals surface area contributed by atoms with Gasteiger partial charge in [-0.2, -0.15) is 0 Å². The van der Waals surface area contributed by atoms with Crippen molar-refractivity contribution in [1.82, 2.24) is 9.88 Å². The van der Waals surface area contributed by atoms with E-state index in [2.05, 4.69) is 22.4 Å². The van der Waals surface area contributed by atoms with Crippen LogP contribution in [0, 0.1) is 0 Å². The topological polar surface area (TPSA) is 45.2 Å². The molecule has 1 atom stereocenters. The highest BCUT2D eigenvalue weighted by molar-refractivity contribution is 7.15. The van der Waals surface area contributed by atoms with E-state index in [0.29, 0.717) is 10.7 Å². The molecule has 0 spiro atoms. The van der Waals surface area contributed by atoms with E-state index >= 15 is 0 Å². The quantitative estimate of drug-likeness (QED) is 0.618. The first-order valence-corrected chi connectivity index (χ1v) is 9.74. The van der Waals surface area contributed by atoms with Crippen LogP contribution in [0.3, 0.4) is 0 Å². The molecule has 1 aromatic heterocycles. The second-order valence-electron chi connectivity index (χ2n) is 6.22. The zero-order chi connectivity index (χ0) is 17.9. The predicted octanol–water partition coefficient (Wildman–Crippen LogP) is 5.83. The van der Waals surface area contributed by atoms with Gasteiger partial charge in [-0.25, -0.2) is 9.78 Å². The van der Waals surface area contributed by atoms with Crippen molar-refractivity contribution in [3.05, 3.63) is 70.8 Å². The molecule has 1 unspecified atom stereocenters. The third-order valence-corrected chi connectivity index (χ3v) is 5.84. The van der Waals surface area contributed by atoms with Gasteiger partial charge in [0.2, 0.25) is 0 Å². The first-order valence-electron chi connectivity index (χ1n) is 8.55. The Morgan fingerprint density at radius 3 is 2.85 bits per heavy atom. The molecule has 1 aliphatic rings. The van der Waals surface area contributed by atoms with E-state index in [-0.39, 0.29) is 12.1 Å². The predicted molar refractivity (Wildman–Crippen MR) is 107 cm³/mol. The second kappa shape index (κ2) is 7.48. The number of halogens is 1. The normalized spacial score (nSPS) is 16.7. The van der Waals surface area contributed by atoms with Crippen LogP contribution in [-0.2, 0) is 0 Å². The number of aromatic nitrogens is 1. The Labute approximate surface area is 161 Å². The van der Waals surface area contributed by atoms with Crippen molar-refractivity contribution in [1.29, 1.82) is 0 Å². The number of thiazole rings is 1. The van der Waals surface area contributed by atoms with E-state index in [9.17, 15) is 4.79 Å². The largest absolute Gasteiger partial charge is 0.322 e. The molecule has 132 valence electrons. The van der Waals surface area contributed by atoms with Crippen LogP contribution in [0.4, 0.5) is 10.5 Å². The van der Waals surface area contributed by atoms with Crippen molar-refractivity contribution in [3.8, 4) is 10.4 Å². The number of amides is 2. The summed E-state index contributed by atoms with van der Waals surface area (Å²) in [7, 11) is 0. The van der Waals surface area contributed by atoms with Gasteiger partial charge in [-0.3, -0.25) is 0 Å². The van der Waals surface area contributed by atoms with Gasteiger partial charge in [0.1, 0.15) is 5.01 Å². The molecule has 2 aromatic carbocycles. The molecule has 26 heavy (non-hydrogen) atoms. The van der Waals surface area contributed by atoms with E-state index < -0.39 is 0 Å². The Balaban J connectivity index is 1.51. The number of nitrogens with one attached hydrogen (secondary N) is 1. The first-order chi connectivity index (χ1) is 12.7. The zero-order valence-electron chi connectivity index (χ0n) is 14.1. The van der Waals surface area contributed by atoms with Crippen molar-refractivity contribution >= 4 is 34.7 Å². The summed E-state index contributed by atoms with van der Waals surface area (Å²) in [5.74, 6) is 0. The number of carbonyl (C=O) groups is 1. The fourth-order valence-corrected chi connectivity index (χ4v) is 4.47. The lowest BCUT2D eigenvalue weighted by molar-refractivity contribution is 0.207. The number of nitrogens with zero attached hydrogens (tertiary/aromatic N) is 2. The minimum Gasteiger partial charge on any atom is -0.315 e. The van der Waals surface area contributed by atoms with E-state index in [4.69, 9.17) is 11.6 Å². The Bertz CT molecular complexity index is 912. The first kappa shape index (κ1) is 17.1. The summed E-state index contributed by atoms with van der Waals surface area (Å²) in [5.41, 5.74) is 1.86. The standard InChI is InChI=1S/C20H18ClN3OS/c21-15-8-4-9-16(12-15)23-20(25)24-11-5-10-17(24)19-22-13-18(26-19)14-6-2-1-3-7-14/h1-4,6-9,12-13,17H,5,10-11H2,(H,23,25). The number of urea groups is 1. The molecule has 2 heterocycles. The number of anilines is 1. The number of hydrogen-bond acceptors (Lipinski definition) is 3. The van der Waals surface area contributed by atoms with Crippen molar-refractivity contribution in [2.45, 2.75) is 18.9 Å². The van der Waals surface area contributed by atoms with Crippen LogP contribution >= 0.6 is 22.9 Å². The van der Waals surface area contributed by atoms with Crippen LogP contribution in [0.1, 0.15) is 23.9 Å². The number of hydrogen-bond donors (Lipinski definition) is 1. The average molecular weight is 384 g/mol. The maximum Gasteiger partial charge on any atom is 0.322 e. The smallest absolute Gasteiger partial charge is 0.315 e. The molecule has 0 aliphatic carbocycles. The van der Waals surface area contributed by atoms with Gasteiger partial charge in [0.05, 0.1) is 10.9 Å². The molecular weight excluding hydrogens is 366 g/mol. The van der Waals surface area contributed by atoms with Crippen LogP contribution in [-0.4, -0.2) is 22.5 Å². The minimum atomic E-state index is -0.105. The highest BCUT2D eigenvalue weighted by Gasteiger charge is 2.32. The van der Waals surface area contributed by atoms with E-state index in [1.54, 1.807) is 23.5 Å². The minimum absolute atomic E-state index is 0.0247. The monoisotopic (exact) mass is 383 g/mol. The highest BCUT2D eigenvalue weighted by atomic mass is 35.5. The molecule has 0 saturated carbocycles. The van der Waals surface area contributed by atoms with Gasteiger partial charge in [-0.05, 0) is 36.6 Å². The van der Waals surface area contributed by atoms with Crippen LogP contribution in [0.5, 0.6) is 0 Å². The van der Waals surface area contributed by atoms with Crippen LogP contribution < -0.4 is 5.32 Å². The van der Waals surface area contributed by atoms with Crippen molar-refractivity contribution in [2.24, 2.45) is 0 Å². The van der Waals surface area contributed by atoms with Crippen LogP contribution in [0.25, 0.3) is 10.4 Å². The number of rotatable bonds is 3. The molecular formula is C20H18ClN3OS. The zero-order valence-corrected chi connectivity index (χ0v) is 15.6. The SMILES string of the molecule is O=C(Nc1cccc(Cl)c1)N1CCCC1c1ncc(-c2ccccc2)s1. The lowest BCUT2D eigenvalue weighted by atomic mass is 10.2. The molecule has 0 bridgehead atoms. The summed E-state index contributed by atoms with van der Waals surface area (Å²) in [6.07, 6.45) is 3.82. The Morgan fingerprint density at radius 2 is 2.04 bits per heavy atom. The molecule has 4 rings (SSSR count). The van der Waals surface area contributed by atoms with Gasteiger partial charge in [0, 0.05) is 23.5 Å². The number of carbonyl (C=O) groups excluding carboxylic acids is 1. The van der Waals surface area contributed by atoms with Gasteiger partial charge in [-0.1, -0.05) is 48.0 Å². The van der Waals surface area contributed by atoms with E-state index in [0.717, 1.165) is 34.8 Å². The molecule has 1 aliphatic heterocycles. The maximum absolute atomic E-state index is 12.7. The fraction of sp³-hybridized carbons (Fsp3) is 0.200. The summed E-state index contributed by atoms with van der Waals surface area (Å²) in [6, 6.07) is 17.3. The van der Waals surface area contributed by atoms with Gasteiger partial charge < -0.3 is 10.2 Å². The van der Waals surface area contributed by atoms with Crippen molar-refractivity contribution < 1.29 is 4.79 Å². The molecule has 1 fully saturated rings. The third kappa shape index (κ3) is 3.59. The molecule has 2 amide bonds. The molecule has 0 radical (unpaired) electrons. The van der Waals surface area contributed by atoms with E-state index in [1.807, 2.05) is 41.4 Å². The van der Waals surface area contributed by atoms with Crippen molar-refractivity contribution in [2.75, 3.05) is 11.9 Å². The van der Waals surface area contributed by atoms with Crippen LogP contribution in [0.2, 0.25) is 5.02 Å². The molecule has 1 saturated heterocycles. The Hall–Kier alpha value is -2.37. The highest BCUT2D eigenvalue weighted by Crippen LogP contribution is 2.37. The molecule has 4 nitrogen and oxygen atoms in total. The number of likely N-dealkylation sites (tertiary alicyclic amines) is 1. The van der Waals surface area contributed by atoms with Crippen LogP contribution in [0.15, 0.2) is 60.8 Å². The van der Waals surface area contributed by atoms with Gasteiger partial charge in [0.15, 0.2) is 0 Å². The van der Waals surface area contributed by atoms with E-state index in [1.165, 1.54) is 0 Å². The Kier molecular flexibility index (Phi) is 4.91. The summed E-state index contributed by atoms with van der Waals surface area (Å²) in [4.78, 5) is 20.3. The summed E-state index contributed by atoms with van der Waals surface area (Å²) in [6.45, 7) is 0.733. The maximum atomic E-state index is 12.7. The molecule has 3 aromatic rings. The van der Waals surface area contributed by atoms with Gasteiger partial charge in [0.25, 0.3) is 0 Å². The summed E-state index contributed by atoms with van der Waals surface area (Å²) >= 11 is 7.66. The van der Waals surface area contributed by atoms with Crippen molar-refractivity contribution in [3.63, 3.8) is 0 Å². The third-order valence-electron chi connectivity index (χ3n) is 4.46. The average Bonchev–Trinajstić information content (AvgIpc) is 3.32. The fourth-order valence-electron chi connectivity index (χ4n) is 3.21. The number of benzene rings is 2. The van der Waals surface area contributed by atoms with Gasteiger partial charge in [-0.15, -0.1) is 11.3 Å². The lowest BCUT2D eigenvalue weighted by Crippen LogP contribution is -2.34. The van der Waals surface area contributed by atoms with Gasteiger partial charge >= 0.3 is 6.03 Å². The second-order valence-corrected chi connectivity index (χ2v) is 7.72. The Morgan fingerprint density at radius 1 is 1.19 bits per heavy atom. The molecule has 6 heteroatoms. The summed E-state index contributed by atoms with van der Waals surface area (Å²) in [5, 5.41) is 4.54. The lowest BCUT2D eigenvalue weighted by Gasteiger charge is -2.23. The molecule has 1 N–H and O–H groups in total.